The van der Waals surface area contributed by atoms with Crippen LogP contribution in [0.15, 0.2) is 36.9 Å². The minimum atomic E-state index is -1.01. The summed E-state index contributed by atoms with van der Waals surface area (Å²) in [4.78, 5) is 24.2. The number of aryl methyl sites for hydroxylation is 1. The summed E-state index contributed by atoms with van der Waals surface area (Å²) in [5.41, 5.74) is 2.18. The highest BCUT2D eigenvalue weighted by Gasteiger charge is 2.39. The molecule has 1 fully saturated rings. The maximum absolute atomic E-state index is 11.7. The summed E-state index contributed by atoms with van der Waals surface area (Å²) in [6.07, 6.45) is 1.18. The zero-order valence-corrected chi connectivity index (χ0v) is 12.0. The number of hydrogen-bond donors (Lipinski definition) is 1. The second kappa shape index (κ2) is 6.54. The van der Waals surface area contributed by atoms with Gasteiger partial charge in [-0.15, -0.1) is 0 Å². The molecule has 1 N–H and O–H groups in total. The van der Waals surface area contributed by atoms with E-state index in [1.807, 2.05) is 31.2 Å². The second-order valence-corrected chi connectivity index (χ2v) is 5.21. The highest BCUT2D eigenvalue weighted by atomic mass is 16.5. The average molecular weight is 289 g/mol. The van der Waals surface area contributed by atoms with E-state index < -0.39 is 12.0 Å². The molecule has 112 valence electrons. The Morgan fingerprint density at radius 1 is 1.52 bits per heavy atom. The van der Waals surface area contributed by atoms with Crippen LogP contribution in [0.25, 0.3) is 0 Å². The van der Waals surface area contributed by atoms with Crippen LogP contribution < -0.4 is 0 Å². The largest absolute Gasteiger partial charge is 0.480 e. The molecule has 0 aliphatic carbocycles. The van der Waals surface area contributed by atoms with Crippen molar-refractivity contribution < 1.29 is 19.4 Å². The molecule has 1 aromatic carbocycles. The molecule has 1 aliphatic heterocycles. The Hall–Kier alpha value is -2.14. The van der Waals surface area contributed by atoms with Crippen molar-refractivity contribution in [2.24, 2.45) is 0 Å². The quantitative estimate of drug-likeness (QED) is 0.839. The second-order valence-electron chi connectivity index (χ2n) is 5.21. The van der Waals surface area contributed by atoms with Crippen LogP contribution in [-0.2, 0) is 20.9 Å². The Kier molecular flexibility index (Phi) is 4.75. The molecule has 0 saturated carbocycles. The molecule has 1 saturated heterocycles. The number of amides is 1. The molecule has 2 atom stereocenters. The van der Waals surface area contributed by atoms with Gasteiger partial charge in [-0.25, -0.2) is 4.79 Å². The van der Waals surface area contributed by atoms with E-state index in [1.54, 1.807) is 0 Å². The monoisotopic (exact) mass is 289 g/mol. The molecular weight excluding hydrogens is 270 g/mol. The van der Waals surface area contributed by atoms with Crippen LogP contribution in [0.1, 0.15) is 17.5 Å². The van der Waals surface area contributed by atoms with Crippen molar-refractivity contribution >= 4 is 11.9 Å². The number of likely N-dealkylation sites (tertiary alicyclic amines) is 1. The van der Waals surface area contributed by atoms with Gasteiger partial charge in [0.1, 0.15) is 6.04 Å². The first-order chi connectivity index (χ1) is 10.0. The lowest BCUT2D eigenvalue weighted by Gasteiger charge is -2.19. The van der Waals surface area contributed by atoms with Gasteiger partial charge in [-0.1, -0.05) is 36.4 Å². The summed E-state index contributed by atoms with van der Waals surface area (Å²) >= 11 is 0. The highest BCUT2D eigenvalue weighted by Crippen LogP contribution is 2.22. The van der Waals surface area contributed by atoms with E-state index >= 15 is 0 Å². The first-order valence-electron chi connectivity index (χ1n) is 6.84. The molecule has 21 heavy (non-hydrogen) atoms. The van der Waals surface area contributed by atoms with E-state index in [0.717, 1.165) is 17.2 Å². The van der Waals surface area contributed by atoms with Crippen LogP contribution in [0.4, 0.5) is 0 Å². The van der Waals surface area contributed by atoms with E-state index in [9.17, 15) is 14.7 Å². The molecule has 5 heteroatoms. The third-order valence-corrected chi connectivity index (χ3v) is 3.57. The Morgan fingerprint density at radius 3 is 2.90 bits per heavy atom. The van der Waals surface area contributed by atoms with E-state index in [1.165, 1.54) is 4.90 Å². The smallest absolute Gasteiger partial charge is 0.326 e. The first kappa shape index (κ1) is 15.3. The topological polar surface area (TPSA) is 66.8 Å². The molecule has 1 aliphatic rings. The van der Waals surface area contributed by atoms with Crippen molar-refractivity contribution in [2.45, 2.75) is 32.1 Å². The summed E-state index contributed by atoms with van der Waals surface area (Å²) in [6.45, 7) is 6.10. The van der Waals surface area contributed by atoms with Crippen LogP contribution in [0.2, 0.25) is 0 Å². The van der Waals surface area contributed by atoms with Crippen molar-refractivity contribution in [3.8, 4) is 0 Å². The van der Waals surface area contributed by atoms with E-state index in [4.69, 9.17) is 4.74 Å². The van der Waals surface area contributed by atoms with Gasteiger partial charge in [-0.2, -0.15) is 0 Å². The van der Waals surface area contributed by atoms with Crippen LogP contribution >= 0.6 is 0 Å². The van der Waals surface area contributed by atoms with Crippen LogP contribution in [0, 0.1) is 6.92 Å². The van der Waals surface area contributed by atoms with Gasteiger partial charge in [-0.05, 0) is 18.6 Å². The van der Waals surface area contributed by atoms with E-state index in [0.29, 0.717) is 13.0 Å². The standard InChI is InChI=1S/C16H19NO4/c1-3-15(18)17-9-13(8-14(17)16(19)20)21-10-12-6-4-5-11(2)7-12/h3-7,13-14H,1,8-10H2,2H3,(H,19,20)/t13-,14-/m0/s1. The molecule has 1 aromatic rings. The minimum absolute atomic E-state index is 0.268. The third-order valence-electron chi connectivity index (χ3n) is 3.57. The molecule has 1 amide bonds. The molecule has 1 heterocycles. The molecule has 0 unspecified atom stereocenters. The number of hydrogen-bond acceptors (Lipinski definition) is 3. The molecule has 0 spiro atoms. The fraction of sp³-hybridized carbons (Fsp3) is 0.375. The number of carbonyl (C=O) groups is 2. The van der Waals surface area contributed by atoms with Gasteiger partial charge < -0.3 is 14.7 Å². The molecule has 2 rings (SSSR count). The lowest BCUT2D eigenvalue weighted by atomic mass is 10.1. The fourth-order valence-electron chi connectivity index (χ4n) is 2.53. The number of aliphatic carboxylic acids is 1. The third kappa shape index (κ3) is 3.70. The van der Waals surface area contributed by atoms with Crippen molar-refractivity contribution in [1.29, 1.82) is 0 Å². The summed E-state index contributed by atoms with van der Waals surface area (Å²) in [5.74, 6) is -1.38. The van der Waals surface area contributed by atoms with Crippen LogP contribution in [-0.4, -0.2) is 40.6 Å². The normalized spacial score (nSPS) is 21.3. The number of carboxylic acids is 1. The summed E-state index contributed by atoms with van der Waals surface area (Å²) < 4.78 is 5.76. The zero-order chi connectivity index (χ0) is 15.4. The average Bonchev–Trinajstić information content (AvgIpc) is 2.89. The highest BCUT2D eigenvalue weighted by molar-refractivity contribution is 5.91. The maximum atomic E-state index is 11.7. The van der Waals surface area contributed by atoms with Gasteiger partial charge in [0.05, 0.1) is 12.7 Å². The van der Waals surface area contributed by atoms with Gasteiger partial charge in [0.25, 0.3) is 0 Å². The predicted molar refractivity (Wildman–Crippen MR) is 77.7 cm³/mol. The molecule has 0 radical (unpaired) electrons. The van der Waals surface area contributed by atoms with Gasteiger partial charge in [-0.3, -0.25) is 4.79 Å². The Morgan fingerprint density at radius 2 is 2.29 bits per heavy atom. The van der Waals surface area contributed by atoms with Gasteiger partial charge in [0.2, 0.25) is 5.91 Å². The molecule has 0 bridgehead atoms. The van der Waals surface area contributed by atoms with Crippen molar-refractivity contribution in [2.75, 3.05) is 6.54 Å². The van der Waals surface area contributed by atoms with Crippen LogP contribution in [0.5, 0.6) is 0 Å². The Labute approximate surface area is 123 Å². The van der Waals surface area contributed by atoms with E-state index in [-0.39, 0.29) is 18.6 Å². The lowest BCUT2D eigenvalue weighted by molar-refractivity contribution is -0.146. The van der Waals surface area contributed by atoms with Crippen molar-refractivity contribution in [3.05, 3.63) is 48.0 Å². The van der Waals surface area contributed by atoms with Gasteiger partial charge in [0, 0.05) is 13.0 Å². The number of carbonyl (C=O) groups excluding carboxylic acids is 1. The number of rotatable bonds is 5. The SMILES string of the molecule is C=CC(=O)N1C[C@@H](OCc2cccc(C)c2)C[C@H]1C(=O)O. The first-order valence-corrected chi connectivity index (χ1v) is 6.84. The van der Waals surface area contributed by atoms with Crippen molar-refractivity contribution in [1.82, 2.24) is 4.90 Å². The number of nitrogens with zero attached hydrogens (tertiary/aromatic N) is 1. The Bertz CT molecular complexity index is 555. The zero-order valence-electron chi connectivity index (χ0n) is 12.0. The van der Waals surface area contributed by atoms with Crippen LogP contribution in [0.3, 0.4) is 0 Å². The van der Waals surface area contributed by atoms with Crippen molar-refractivity contribution in [3.63, 3.8) is 0 Å². The van der Waals surface area contributed by atoms with E-state index in [2.05, 4.69) is 6.58 Å². The van der Waals surface area contributed by atoms with Gasteiger partial charge >= 0.3 is 5.97 Å². The lowest BCUT2D eigenvalue weighted by Crippen LogP contribution is -2.39. The summed E-state index contributed by atoms with van der Waals surface area (Å²) in [7, 11) is 0. The summed E-state index contributed by atoms with van der Waals surface area (Å²) in [6, 6.07) is 7.11. The minimum Gasteiger partial charge on any atom is -0.480 e. The predicted octanol–water partition coefficient (Wildman–Crippen LogP) is 1.75. The molecular formula is C16H19NO4. The molecule has 0 aromatic heterocycles. The van der Waals surface area contributed by atoms with Gasteiger partial charge in [0.15, 0.2) is 0 Å². The fourth-order valence-corrected chi connectivity index (χ4v) is 2.53. The number of benzene rings is 1. The summed E-state index contributed by atoms with van der Waals surface area (Å²) in [5, 5.41) is 9.18. The number of carboxylic acid groups (broad SMARTS) is 1. The Balaban J connectivity index is 1.97. The number of ether oxygens (including phenoxy) is 1. The molecule has 5 nitrogen and oxygen atoms in total. The maximum Gasteiger partial charge on any atom is 0.326 e.